The van der Waals surface area contributed by atoms with Gasteiger partial charge in [0.05, 0.1) is 6.10 Å². The minimum Gasteiger partial charge on any atom is -0.388 e. The molecule has 0 aromatic heterocycles. The predicted molar refractivity (Wildman–Crippen MR) is 60.1 cm³/mol. The van der Waals surface area contributed by atoms with Gasteiger partial charge in [0.2, 0.25) is 0 Å². The largest absolute Gasteiger partial charge is 0.388 e. The molecule has 1 heteroatoms. The zero-order chi connectivity index (χ0) is 10.2. The Kier molecular flexibility index (Phi) is 5.02. The first-order chi connectivity index (χ1) is 6.84. The quantitative estimate of drug-likeness (QED) is 0.705. The molecule has 0 bridgehead atoms. The first kappa shape index (κ1) is 11.0. The summed E-state index contributed by atoms with van der Waals surface area (Å²) in [6.45, 7) is 2.15. The minimum absolute atomic E-state index is 0.357. The molecule has 1 atom stereocenters. The molecule has 0 spiro atoms. The van der Waals surface area contributed by atoms with Crippen molar-refractivity contribution in [1.82, 2.24) is 0 Å². The van der Waals surface area contributed by atoms with Crippen molar-refractivity contribution in [2.24, 2.45) is 0 Å². The molecule has 0 heterocycles. The number of allylic oxidation sites excluding steroid dienone is 1. The molecule has 1 aromatic carbocycles. The summed E-state index contributed by atoms with van der Waals surface area (Å²) in [5.74, 6) is 0. The third-order valence-corrected chi connectivity index (χ3v) is 2.17. The van der Waals surface area contributed by atoms with Gasteiger partial charge in [-0.1, -0.05) is 55.8 Å². The number of benzene rings is 1. The van der Waals surface area contributed by atoms with Gasteiger partial charge in [0.1, 0.15) is 0 Å². The number of hydrogen-bond acceptors (Lipinski definition) is 1. The number of unbranched alkanes of at least 4 members (excludes halogenated alkanes) is 1. The molecule has 0 aliphatic heterocycles. The van der Waals surface area contributed by atoms with Gasteiger partial charge in [-0.3, -0.25) is 0 Å². The Balaban J connectivity index is 2.39. The molecule has 0 fully saturated rings. The summed E-state index contributed by atoms with van der Waals surface area (Å²) in [5.41, 5.74) is 0.994. The van der Waals surface area contributed by atoms with Crippen LogP contribution < -0.4 is 0 Å². The maximum Gasteiger partial charge on any atom is 0.0824 e. The van der Waals surface area contributed by atoms with E-state index in [4.69, 9.17) is 0 Å². The van der Waals surface area contributed by atoms with Crippen LogP contribution in [0.2, 0.25) is 0 Å². The van der Waals surface area contributed by atoms with Crippen LogP contribution in [0.4, 0.5) is 0 Å². The van der Waals surface area contributed by atoms with Crippen LogP contribution in [0, 0.1) is 0 Å². The lowest BCUT2D eigenvalue weighted by molar-refractivity contribution is 0.181. The third-order valence-electron chi connectivity index (χ3n) is 2.17. The van der Waals surface area contributed by atoms with Crippen LogP contribution in [0.5, 0.6) is 0 Å². The zero-order valence-corrected chi connectivity index (χ0v) is 8.69. The van der Waals surface area contributed by atoms with Crippen molar-refractivity contribution in [2.45, 2.75) is 32.3 Å². The van der Waals surface area contributed by atoms with Crippen LogP contribution in [0.25, 0.3) is 0 Å². The van der Waals surface area contributed by atoms with E-state index < -0.39 is 0 Å². The van der Waals surface area contributed by atoms with Gasteiger partial charge in [0.25, 0.3) is 0 Å². The highest BCUT2D eigenvalue weighted by Crippen LogP contribution is 2.16. The van der Waals surface area contributed by atoms with Crippen molar-refractivity contribution < 1.29 is 5.11 Å². The van der Waals surface area contributed by atoms with E-state index in [-0.39, 0.29) is 6.10 Å². The number of aliphatic hydroxyl groups is 1. The summed E-state index contributed by atoms with van der Waals surface area (Å²) in [6, 6.07) is 9.78. The van der Waals surface area contributed by atoms with E-state index in [0.29, 0.717) is 6.42 Å². The Morgan fingerprint density at radius 3 is 2.57 bits per heavy atom. The Bertz CT molecular complexity index is 264. The van der Waals surface area contributed by atoms with Crippen LogP contribution >= 0.6 is 0 Å². The smallest absolute Gasteiger partial charge is 0.0824 e. The van der Waals surface area contributed by atoms with Crippen LogP contribution in [0.1, 0.15) is 37.9 Å². The fraction of sp³-hybridized carbons (Fsp3) is 0.385. The Morgan fingerprint density at radius 1 is 1.21 bits per heavy atom. The zero-order valence-electron chi connectivity index (χ0n) is 8.69. The molecule has 0 aliphatic carbocycles. The number of aliphatic hydroxyl groups excluding tert-OH is 1. The van der Waals surface area contributed by atoms with Crippen molar-refractivity contribution >= 4 is 0 Å². The van der Waals surface area contributed by atoms with Gasteiger partial charge >= 0.3 is 0 Å². The standard InChI is InChI=1S/C13H18O/c1-2-3-4-8-11-13(14)12-9-6-5-7-10-12/h4-10,13-14H,2-3,11H2,1H3/t13-/m0/s1. The molecule has 0 saturated heterocycles. The van der Waals surface area contributed by atoms with E-state index in [9.17, 15) is 5.11 Å². The fourth-order valence-electron chi connectivity index (χ4n) is 1.32. The summed E-state index contributed by atoms with van der Waals surface area (Å²) in [4.78, 5) is 0. The normalized spacial score (nSPS) is 13.3. The second kappa shape index (κ2) is 6.39. The first-order valence-electron chi connectivity index (χ1n) is 5.22. The molecule has 1 N–H and O–H groups in total. The lowest BCUT2D eigenvalue weighted by Gasteiger charge is -2.07. The lowest BCUT2D eigenvalue weighted by atomic mass is 10.1. The monoisotopic (exact) mass is 190 g/mol. The average Bonchev–Trinajstić information content (AvgIpc) is 2.25. The maximum atomic E-state index is 9.77. The van der Waals surface area contributed by atoms with E-state index in [2.05, 4.69) is 19.1 Å². The van der Waals surface area contributed by atoms with Crippen LogP contribution in [0.3, 0.4) is 0 Å². The highest BCUT2D eigenvalue weighted by atomic mass is 16.3. The minimum atomic E-state index is -0.357. The van der Waals surface area contributed by atoms with E-state index >= 15 is 0 Å². The maximum absolute atomic E-state index is 9.77. The van der Waals surface area contributed by atoms with Crippen LogP contribution in [0.15, 0.2) is 42.5 Å². The van der Waals surface area contributed by atoms with E-state index in [1.165, 1.54) is 0 Å². The van der Waals surface area contributed by atoms with Crippen molar-refractivity contribution in [3.05, 3.63) is 48.0 Å². The second-order valence-electron chi connectivity index (χ2n) is 3.42. The van der Waals surface area contributed by atoms with E-state index in [1.54, 1.807) is 0 Å². The van der Waals surface area contributed by atoms with Gasteiger partial charge in [-0.05, 0) is 18.4 Å². The molecule has 1 aromatic rings. The van der Waals surface area contributed by atoms with Gasteiger partial charge in [-0.25, -0.2) is 0 Å². The first-order valence-corrected chi connectivity index (χ1v) is 5.22. The summed E-state index contributed by atoms with van der Waals surface area (Å²) in [5, 5.41) is 9.77. The third kappa shape index (κ3) is 3.75. The number of hydrogen-bond donors (Lipinski definition) is 1. The molecular weight excluding hydrogens is 172 g/mol. The van der Waals surface area contributed by atoms with Gasteiger partial charge < -0.3 is 5.11 Å². The fourth-order valence-corrected chi connectivity index (χ4v) is 1.32. The van der Waals surface area contributed by atoms with Gasteiger partial charge in [0, 0.05) is 0 Å². The van der Waals surface area contributed by atoms with Gasteiger partial charge in [0.15, 0.2) is 0 Å². The molecule has 0 amide bonds. The summed E-state index contributed by atoms with van der Waals surface area (Å²) >= 11 is 0. The Hall–Kier alpha value is -1.08. The average molecular weight is 190 g/mol. The van der Waals surface area contributed by atoms with Crippen LogP contribution in [-0.2, 0) is 0 Å². The van der Waals surface area contributed by atoms with Gasteiger partial charge in [-0.2, -0.15) is 0 Å². The van der Waals surface area contributed by atoms with Gasteiger partial charge in [-0.15, -0.1) is 0 Å². The molecule has 0 saturated carbocycles. The van der Waals surface area contributed by atoms with Crippen LogP contribution in [-0.4, -0.2) is 5.11 Å². The van der Waals surface area contributed by atoms with Crippen molar-refractivity contribution in [3.8, 4) is 0 Å². The summed E-state index contributed by atoms with van der Waals surface area (Å²) in [6.07, 6.45) is 6.81. The van der Waals surface area contributed by atoms with E-state index in [0.717, 1.165) is 18.4 Å². The molecule has 1 nitrogen and oxygen atoms in total. The van der Waals surface area contributed by atoms with Crippen molar-refractivity contribution in [1.29, 1.82) is 0 Å². The summed E-state index contributed by atoms with van der Waals surface area (Å²) in [7, 11) is 0. The second-order valence-corrected chi connectivity index (χ2v) is 3.42. The molecule has 0 radical (unpaired) electrons. The predicted octanol–water partition coefficient (Wildman–Crippen LogP) is 3.47. The molecule has 76 valence electrons. The Labute approximate surface area is 86.1 Å². The lowest BCUT2D eigenvalue weighted by Crippen LogP contribution is -1.94. The van der Waals surface area contributed by atoms with E-state index in [1.807, 2.05) is 30.3 Å². The number of rotatable bonds is 5. The Morgan fingerprint density at radius 2 is 1.93 bits per heavy atom. The highest BCUT2D eigenvalue weighted by Gasteiger charge is 2.02. The van der Waals surface area contributed by atoms with Crippen molar-refractivity contribution in [2.75, 3.05) is 0 Å². The molecule has 0 unspecified atom stereocenters. The molecule has 0 aliphatic rings. The van der Waals surface area contributed by atoms with Crippen molar-refractivity contribution in [3.63, 3.8) is 0 Å². The molecular formula is C13H18O. The molecule has 1 rings (SSSR count). The summed E-state index contributed by atoms with van der Waals surface area (Å²) < 4.78 is 0. The SMILES string of the molecule is CCCC=CC[C@H](O)c1ccccc1. The molecule has 14 heavy (non-hydrogen) atoms. The highest BCUT2D eigenvalue weighted by molar-refractivity contribution is 5.17. The topological polar surface area (TPSA) is 20.2 Å².